The minimum atomic E-state index is -1.27. The number of hydrogen-bond acceptors (Lipinski definition) is 1. The van der Waals surface area contributed by atoms with Crippen LogP contribution >= 0.6 is 0 Å². The average molecular weight is 455 g/mol. The highest BCUT2D eigenvalue weighted by Gasteiger charge is 2.74. The molecular weight excluding hydrogens is 407 g/mol. The van der Waals surface area contributed by atoms with Gasteiger partial charge < -0.3 is 5.11 Å². The molecule has 184 valence electrons. The Morgan fingerprint density at radius 3 is 2.48 bits per heavy atom. The van der Waals surface area contributed by atoms with Crippen molar-refractivity contribution < 1.29 is 9.50 Å². The first-order valence-corrected chi connectivity index (χ1v) is 13.3. The van der Waals surface area contributed by atoms with Crippen LogP contribution in [0.3, 0.4) is 0 Å². The third-order valence-corrected chi connectivity index (χ3v) is 10.8. The molecule has 4 aliphatic rings. The predicted molar refractivity (Wildman–Crippen MR) is 138 cm³/mol. The summed E-state index contributed by atoms with van der Waals surface area (Å²) in [7, 11) is 0. The Morgan fingerprint density at radius 1 is 1.21 bits per heavy atom. The van der Waals surface area contributed by atoms with Gasteiger partial charge in [-0.1, -0.05) is 84.1 Å². The van der Waals surface area contributed by atoms with Gasteiger partial charge in [-0.05, 0) is 86.0 Å². The monoisotopic (exact) mass is 454 g/mol. The van der Waals surface area contributed by atoms with Crippen LogP contribution in [0.4, 0.5) is 4.39 Å². The van der Waals surface area contributed by atoms with Crippen LogP contribution in [-0.4, -0.2) is 16.9 Å². The van der Waals surface area contributed by atoms with Gasteiger partial charge in [-0.25, -0.2) is 4.39 Å². The third-order valence-electron chi connectivity index (χ3n) is 10.8. The van der Waals surface area contributed by atoms with E-state index >= 15 is 4.39 Å². The molecule has 0 bridgehead atoms. The van der Waals surface area contributed by atoms with Crippen molar-refractivity contribution in [2.75, 3.05) is 0 Å². The van der Waals surface area contributed by atoms with E-state index < -0.39 is 22.6 Å². The zero-order valence-corrected chi connectivity index (χ0v) is 22.2. The molecule has 0 aromatic carbocycles. The number of hydrogen-bond donors (Lipinski definition) is 1. The van der Waals surface area contributed by atoms with E-state index in [1.165, 1.54) is 11.1 Å². The maximum absolute atomic E-state index is 17.4. The van der Waals surface area contributed by atoms with Gasteiger partial charge in [0.1, 0.15) is 5.67 Å². The first-order chi connectivity index (χ1) is 15.1. The second-order valence-electron chi connectivity index (χ2n) is 13.7. The van der Waals surface area contributed by atoms with E-state index in [1.54, 1.807) is 0 Å². The summed E-state index contributed by atoms with van der Waals surface area (Å²) < 4.78 is 17.4. The molecule has 3 saturated carbocycles. The smallest absolute Gasteiger partial charge is 0.126 e. The maximum atomic E-state index is 17.4. The highest BCUT2D eigenvalue weighted by atomic mass is 19.1. The number of aliphatic hydroxyl groups excluding tert-OH is 1. The quantitative estimate of drug-likeness (QED) is 0.423. The summed E-state index contributed by atoms with van der Waals surface area (Å²) in [5.74, 6) is 0.728. The lowest BCUT2D eigenvalue weighted by Gasteiger charge is -2.64. The topological polar surface area (TPSA) is 20.2 Å². The molecule has 1 N–H and O–H groups in total. The van der Waals surface area contributed by atoms with Crippen LogP contribution in [0.1, 0.15) is 93.4 Å². The van der Waals surface area contributed by atoms with Crippen LogP contribution < -0.4 is 0 Å². The number of halogens is 1. The molecule has 33 heavy (non-hydrogen) atoms. The molecular formula is C31H47FO. The third kappa shape index (κ3) is 3.11. The number of aliphatic hydroxyl groups is 1. The average Bonchev–Trinajstić information content (AvgIpc) is 2.95. The highest BCUT2D eigenvalue weighted by Crippen LogP contribution is 2.76. The fraction of sp³-hybridized carbons (Fsp3) is 0.742. The van der Waals surface area contributed by atoms with Crippen molar-refractivity contribution in [2.24, 2.45) is 39.4 Å². The fourth-order valence-corrected chi connectivity index (χ4v) is 9.40. The van der Waals surface area contributed by atoms with E-state index in [1.807, 2.05) is 6.08 Å². The molecule has 2 heteroatoms. The zero-order chi connectivity index (χ0) is 24.6. The van der Waals surface area contributed by atoms with E-state index in [-0.39, 0.29) is 22.7 Å². The summed E-state index contributed by atoms with van der Waals surface area (Å²) in [5.41, 5.74) is 0.855. The van der Waals surface area contributed by atoms with E-state index in [2.05, 4.69) is 73.8 Å². The first kappa shape index (κ1) is 25.0. The van der Waals surface area contributed by atoms with Crippen molar-refractivity contribution in [1.29, 1.82) is 0 Å². The number of rotatable bonds is 4. The summed E-state index contributed by atoms with van der Waals surface area (Å²) >= 11 is 0. The van der Waals surface area contributed by atoms with Crippen LogP contribution in [0.2, 0.25) is 0 Å². The molecule has 0 aliphatic heterocycles. The van der Waals surface area contributed by atoms with E-state index in [4.69, 9.17) is 0 Å². The number of fused-ring (bicyclic) bond motifs is 5. The Hall–Kier alpha value is -1.15. The van der Waals surface area contributed by atoms with Gasteiger partial charge >= 0.3 is 0 Å². The molecule has 1 nitrogen and oxygen atoms in total. The molecule has 5 unspecified atom stereocenters. The summed E-state index contributed by atoms with van der Waals surface area (Å²) in [6, 6.07) is 0. The molecule has 0 saturated heterocycles. The molecule has 4 aliphatic carbocycles. The molecule has 0 aromatic rings. The second-order valence-corrected chi connectivity index (χ2v) is 13.7. The van der Waals surface area contributed by atoms with Gasteiger partial charge in [0.25, 0.3) is 0 Å². The summed E-state index contributed by atoms with van der Waals surface area (Å²) in [6.45, 7) is 24.6. The maximum Gasteiger partial charge on any atom is 0.126 e. The van der Waals surface area contributed by atoms with Crippen molar-refractivity contribution in [2.45, 2.75) is 105 Å². The van der Waals surface area contributed by atoms with Gasteiger partial charge in [0.2, 0.25) is 0 Å². The molecule has 0 aromatic heterocycles. The summed E-state index contributed by atoms with van der Waals surface area (Å²) in [5, 5.41) is 11.9. The lowest BCUT2D eigenvalue weighted by atomic mass is 9.41. The largest absolute Gasteiger partial charge is 0.392 e. The Bertz CT molecular complexity index is 902. The zero-order valence-electron chi connectivity index (χ0n) is 22.2. The molecule has 0 amide bonds. The van der Waals surface area contributed by atoms with Crippen LogP contribution in [-0.2, 0) is 0 Å². The Kier molecular flexibility index (Phi) is 5.80. The highest BCUT2D eigenvalue weighted by molar-refractivity contribution is 5.46. The van der Waals surface area contributed by atoms with Gasteiger partial charge in [0.15, 0.2) is 0 Å². The van der Waals surface area contributed by atoms with E-state index in [9.17, 15) is 5.11 Å². The van der Waals surface area contributed by atoms with Crippen LogP contribution in [0.15, 0.2) is 48.1 Å². The number of allylic oxidation sites excluding steroid dienone is 5. The van der Waals surface area contributed by atoms with Gasteiger partial charge in [-0.3, -0.25) is 0 Å². The molecule has 0 radical (unpaired) electrons. The van der Waals surface area contributed by atoms with Crippen molar-refractivity contribution in [3.05, 3.63) is 48.1 Å². The number of alkyl halides is 1. The van der Waals surface area contributed by atoms with Gasteiger partial charge in [-0.15, -0.1) is 0 Å². The second kappa shape index (κ2) is 7.67. The minimum Gasteiger partial charge on any atom is -0.392 e. The Morgan fingerprint density at radius 2 is 1.88 bits per heavy atom. The Labute approximate surface area is 202 Å². The SMILES string of the molecule is C=C1C=CC2(C)C(=C1)CCC1C3C[C@@H](O)C(C(=C)CCC(C)C)(C(C)(C)C)C3(C)CC[C@@]12F. The van der Waals surface area contributed by atoms with Crippen LogP contribution in [0, 0.1) is 39.4 Å². The van der Waals surface area contributed by atoms with Crippen molar-refractivity contribution in [3.8, 4) is 0 Å². The van der Waals surface area contributed by atoms with E-state index in [0.717, 1.165) is 37.7 Å². The van der Waals surface area contributed by atoms with Gasteiger partial charge in [0, 0.05) is 10.8 Å². The molecule has 4 rings (SSSR count). The van der Waals surface area contributed by atoms with Crippen molar-refractivity contribution >= 4 is 0 Å². The summed E-state index contributed by atoms with van der Waals surface area (Å²) in [4.78, 5) is 0. The minimum absolute atomic E-state index is 0.0359. The molecule has 0 spiro atoms. The normalized spacial score (nSPS) is 44.8. The van der Waals surface area contributed by atoms with Gasteiger partial charge in [0.05, 0.1) is 6.10 Å². The Balaban J connectivity index is 1.79. The summed E-state index contributed by atoms with van der Waals surface area (Å²) in [6.07, 6.45) is 11.6. The van der Waals surface area contributed by atoms with Crippen LogP contribution in [0.5, 0.6) is 0 Å². The fourth-order valence-electron chi connectivity index (χ4n) is 9.40. The molecule has 3 fully saturated rings. The predicted octanol–water partition coefficient (Wildman–Crippen LogP) is 8.37. The lowest BCUT2D eigenvalue weighted by Crippen LogP contribution is -2.63. The van der Waals surface area contributed by atoms with E-state index in [0.29, 0.717) is 18.8 Å². The van der Waals surface area contributed by atoms with Gasteiger partial charge in [-0.2, -0.15) is 0 Å². The standard InChI is InChI=1S/C31H47FO/c1-20(2)10-11-22(4)31(27(5,6)7)26(33)19-25-24-13-12-23-18-21(3)14-15-28(23,8)30(24,32)17-16-29(25,31)9/h14-15,18,20,24-26,33H,3-4,10-13,16-17,19H2,1-2,5-9H3/t24?,25?,26-,28?,29?,30-,31?/m1/s1. The van der Waals surface area contributed by atoms with Crippen molar-refractivity contribution in [3.63, 3.8) is 0 Å². The molecule has 0 heterocycles. The van der Waals surface area contributed by atoms with Crippen molar-refractivity contribution in [1.82, 2.24) is 0 Å². The lowest BCUT2D eigenvalue weighted by molar-refractivity contribution is -0.160. The molecule has 7 atom stereocenters. The van der Waals surface area contributed by atoms with Crippen LogP contribution in [0.25, 0.3) is 0 Å². The first-order valence-electron chi connectivity index (χ1n) is 13.3.